The van der Waals surface area contributed by atoms with Crippen LogP contribution in [0.15, 0.2) is 48.5 Å². The Hall–Kier alpha value is -2.24. The van der Waals surface area contributed by atoms with Gasteiger partial charge in [0, 0.05) is 23.1 Å². The van der Waals surface area contributed by atoms with Crippen molar-refractivity contribution in [2.75, 3.05) is 6.54 Å². The molecule has 1 heterocycles. The maximum atomic E-state index is 12.6. The van der Waals surface area contributed by atoms with E-state index in [1.807, 2.05) is 12.1 Å². The SMILES string of the molecule is CC1(C(=O)NCc2ccc(Cl)cc2)CCN1C(=O)Oc1ccc(Cl)cc1. The lowest BCUT2D eigenvalue weighted by Gasteiger charge is -2.47. The van der Waals surface area contributed by atoms with Gasteiger partial charge in [-0.15, -0.1) is 0 Å². The Morgan fingerprint density at radius 3 is 2.19 bits per heavy atom. The first-order valence-electron chi connectivity index (χ1n) is 8.16. The first-order valence-corrected chi connectivity index (χ1v) is 8.92. The normalized spacial score (nSPS) is 18.8. The molecule has 1 saturated heterocycles. The van der Waals surface area contributed by atoms with Crippen LogP contribution in [-0.2, 0) is 11.3 Å². The van der Waals surface area contributed by atoms with Gasteiger partial charge in [-0.3, -0.25) is 9.69 Å². The fourth-order valence-electron chi connectivity index (χ4n) is 2.72. The van der Waals surface area contributed by atoms with Crippen molar-refractivity contribution in [2.24, 2.45) is 0 Å². The molecule has 26 heavy (non-hydrogen) atoms. The first kappa shape index (κ1) is 18.5. The largest absolute Gasteiger partial charge is 0.416 e. The third-order valence-electron chi connectivity index (χ3n) is 4.51. The molecule has 136 valence electrons. The van der Waals surface area contributed by atoms with E-state index < -0.39 is 11.6 Å². The molecule has 1 fully saturated rings. The molecule has 7 heteroatoms. The van der Waals surface area contributed by atoms with E-state index >= 15 is 0 Å². The summed E-state index contributed by atoms with van der Waals surface area (Å²) in [6.07, 6.45) is 0.0255. The zero-order chi connectivity index (χ0) is 18.7. The predicted molar refractivity (Wildman–Crippen MR) is 101 cm³/mol. The number of ether oxygens (including phenoxy) is 1. The second-order valence-electron chi connectivity index (χ2n) is 6.31. The Bertz CT molecular complexity index is 809. The molecule has 0 spiro atoms. The summed E-state index contributed by atoms with van der Waals surface area (Å²) in [7, 11) is 0. The van der Waals surface area contributed by atoms with Gasteiger partial charge in [0.25, 0.3) is 0 Å². The number of nitrogens with one attached hydrogen (secondary N) is 1. The Morgan fingerprint density at radius 2 is 1.65 bits per heavy atom. The Balaban J connectivity index is 1.59. The number of nitrogens with zero attached hydrogens (tertiary/aromatic N) is 1. The summed E-state index contributed by atoms with van der Waals surface area (Å²) in [6.45, 7) is 2.57. The minimum absolute atomic E-state index is 0.216. The van der Waals surface area contributed by atoms with E-state index in [0.717, 1.165) is 5.56 Å². The van der Waals surface area contributed by atoms with Gasteiger partial charge in [0.15, 0.2) is 0 Å². The number of hydrogen-bond donors (Lipinski definition) is 1. The van der Waals surface area contributed by atoms with E-state index in [-0.39, 0.29) is 5.91 Å². The van der Waals surface area contributed by atoms with Crippen LogP contribution < -0.4 is 10.1 Å². The van der Waals surface area contributed by atoms with Gasteiger partial charge in [0.05, 0.1) is 0 Å². The monoisotopic (exact) mass is 392 g/mol. The molecule has 1 aliphatic rings. The summed E-state index contributed by atoms with van der Waals surface area (Å²) < 4.78 is 5.33. The second-order valence-corrected chi connectivity index (χ2v) is 7.18. The molecular weight excluding hydrogens is 375 g/mol. The molecule has 1 N–H and O–H groups in total. The lowest BCUT2D eigenvalue weighted by molar-refractivity contribution is -0.138. The van der Waals surface area contributed by atoms with Crippen molar-refractivity contribution < 1.29 is 14.3 Å². The van der Waals surface area contributed by atoms with Crippen LogP contribution in [0, 0.1) is 0 Å². The number of carbonyl (C=O) groups is 2. The first-order chi connectivity index (χ1) is 12.4. The van der Waals surface area contributed by atoms with E-state index in [9.17, 15) is 9.59 Å². The van der Waals surface area contributed by atoms with Gasteiger partial charge in [-0.05, 0) is 55.3 Å². The zero-order valence-electron chi connectivity index (χ0n) is 14.2. The molecule has 0 saturated carbocycles. The highest BCUT2D eigenvalue weighted by molar-refractivity contribution is 6.30. The van der Waals surface area contributed by atoms with Crippen LogP contribution in [0.4, 0.5) is 4.79 Å². The van der Waals surface area contributed by atoms with Crippen molar-refractivity contribution in [3.05, 3.63) is 64.1 Å². The summed E-state index contributed by atoms with van der Waals surface area (Å²) in [4.78, 5) is 26.4. The van der Waals surface area contributed by atoms with Crippen molar-refractivity contribution in [2.45, 2.75) is 25.4 Å². The van der Waals surface area contributed by atoms with Crippen molar-refractivity contribution in [3.8, 4) is 5.75 Å². The molecule has 3 rings (SSSR count). The Morgan fingerprint density at radius 1 is 1.08 bits per heavy atom. The van der Waals surface area contributed by atoms with Crippen LogP contribution >= 0.6 is 23.2 Å². The van der Waals surface area contributed by atoms with E-state index in [2.05, 4.69) is 5.32 Å². The average Bonchev–Trinajstić information content (AvgIpc) is 2.61. The number of benzene rings is 2. The predicted octanol–water partition coefficient (Wildman–Crippen LogP) is 4.27. The van der Waals surface area contributed by atoms with Crippen LogP contribution in [0.25, 0.3) is 0 Å². The van der Waals surface area contributed by atoms with Crippen molar-refractivity contribution in [1.29, 1.82) is 0 Å². The van der Waals surface area contributed by atoms with Crippen LogP contribution in [0.3, 0.4) is 0 Å². The lowest BCUT2D eigenvalue weighted by atomic mass is 9.86. The molecule has 0 aromatic heterocycles. The van der Waals surface area contributed by atoms with E-state index in [4.69, 9.17) is 27.9 Å². The van der Waals surface area contributed by atoms with Gasteiger partial charge in [-0.1, -0.05) is 35.3 Å². The molecule has 1 atom stereocenters. The lowest BCUT2D eigenvalue weighted by Crippen LogP contribution is -2.67. The Kier molecular flexibility index (Phi) is 5.39. The topological polar surface area (TPSA) is 58.6 Å². The van der Waals surface area contributed by atoms with Crippen LogP contribution in [0.2, 0.25) is 10.0 Å². The molecular formula is C19H18Cl2N2O3. The number of halogens is 2. The van der Waals surface area contributed by atoms with Crippen molar-refractivity contribution in [3.63, 3.8) is 0 Å². The van der Waals surface area contributed by atoms with Gasteiger partial charge in [0.1, 0.15) is 11.3 Å². The Labute approximate surface area is 161 Å². The maximum absolute atomic E-state index is 12.6. The van der Waals surface area contributed by atoms with Gasteiger partial charge >= 0.3 is 6.09 Å². The highest BCUT2D eigenvalue weighted by atomic mass is 35.5. The van der Waals surface area contributed by atoms with E-state index in [1.165, 1.54) is 4.90 Å². The quantitative estimate of drug-likeness (QED) is 0.844. The molecule has 2 aromatic carbocycles. The summed E-state index contributed by atoms with van der Waals surface area (Å²) >= 11 is 11.7. The molecule has 5 nitrogen and oxygen atoms in total. The fraction of sp³-hybridized carbons (Fsp3) is 0.263. The minimum Gasteiger partial charge on any atom is -0.410 e. The highest BCUT2D eigenvalue weighted by Gasteiger charge is 2.50. The summed E-state index contributed by atoms with van der Waals surface area (Å²) in [5, 5.41) is 4.06. The highest BCUT2D eigenvalue weighted by Crippen LogP contribution is 2.32. The van der Waals surface area contributed by atoms with E-state index in [1.54, 1.807) is 43.3 Å². The van der Waals surface area contributed by atoms with E-state index in [0.29, 0.717) is 35.3 Å². The number of hydrogen-bond acceptors (Lipinski definition) is 3. The maximum Gasteiger partial charge on any atom is 0.416 e. The number of carbonyl (C=O) groups excluding carboxylic acids is 2. The summed E-state index contributed by atoms with van der Waals surface area (Å²) in [5.41, 5.74) is 0.0107. The standard InChI is InChI=1S/C19H18Cl2N2O3/c1-19(17(24)22-12-13-2-4-14(20)5-3-13)10-11-23(19)18(25)26-16-8-6-15(21)7-9-16/h2-9H,10-12H2,1H3,(H,22,24). The number of amides is 2. The van der Waals surface area contributed by atoms with Gasteiger partial charge in [-0.25, -0.2) is 4.79 Å². The molecule has 2 amide bonds. The van der Waals surface area contributed by atoms with Crippen LogP contribution in [0.1, 0.15) is 18.9 Å². The molecule has 2 aromatic rings. The zero-order valence-corrected chi connectivity index (χ0v) is 15.7. The van der Waals surface area contributed by atoms with Gasteiger partial charge in [0.2, 0.25) is 5.91 Å². The molecule has 1 aliphatic heterocycles. The number of likely N-dealkylation sites (tertiary alicyclic amines) is 1. The molecule has 0 bridgehead atoms. The molecule has 1 unspecified atom stereocenters. The van der Waals surface area contributed by atoms with Crippen molar-refractivity contribution >= 4 is 35.2 Å². The third-order valence-corrected chi connectivity index (χ3v) is 5.02. The smallest absolute Gasteiger partial charge is 0.410 e. The minimum atomic E-state index is -0.921. The van der Waals surface area contributed by atoms with Gasteiger partial charge in [-0.2, -0.15) is 0 Å². The molecule has 0 radical (unpaired) electrons. The molecule has 0 aliphatic carbocycles. The third kappa shape index (κ3) is 3.94. The fourth-order valence-corrected chi connectivity index (χ4v) is 2.97. The number of rotatable bonds is 4. The van der Waals surface area contributed by atoms with Gasteiger partial charge < -0.3 is 10.1 Å². The van der Waals surface area contributed by atoms with Crippen LogP contribution in [0.5, 0.6) is 5.75 Å². The summed E-state index contributed by atoms with van der Waals surface area (Å²) in [6, 6.07) is 13.7. The summed E-state index contributed by atoms with van der Waals surface area (Å²) in [5.74, 6) is 0.168. The van der Waals surface area contributed by atoms with Crippen molar-refractivity contribution in [1.82, 2.24) is 10.2 Å². The van der Waals surface area contributed by atoms with Crippen LogP contribution in [-0.4, -0.2) is 29.0 Å². The second kappa shape index (κ2) is 7.56. The average molecular weight is 393 g/mol.